The molecule has 0 atom stereocenters. The first-order valence-corrected chi connectivity index (χ1v) is 9.60. The molecule has 8 nitrogen and oxygen atoms in total. The Hall–Kier alpha value is -3.26. The van der Waals surface area contributed by atoms with E-state index in [2.05, 4.69) is 16.2 Å². The molecular formula is C21H24ClN3O5. The first kappa shape index (κ1) is 23.0. The largest absolute Gasteiger partial charge is 0.493 e. The molecule has 30 heavy (non-hydrogen) atoms. The van der Waals surface area contributed by atoms with Crippen LogP contribution in [0.1, 0.15) is 29.8 Å². The molecule has 3 N–H and O–H groups in total. The van der Waals surface area contributed by atoms with Crippen LogP contribution in [0.3, 0.4) is 0 Å². The van der Waals surface area contributed by atoms with Gasteiger partial charge in [-0.2, -0.15) is 0 Å². The molecule has 0 saturated carbocycles. The number of hydrazine groups is 1. The molecule has 0 fully saturated rings. The zero-order valence-electron chi connectivity index (χ0n) is 17.0. The van der Waals surface area contributed by atoms with Gasteiger partial charge in [0.15, 0.2) is 18.1 Å². The Balaban J connectivity index is 1.91. The van der Waals surface area contributed by atoms with Gasteiger partial charge in [0, 0.05) is 16.6 Å². The van der Waals surface area contributed by atoms with Gasteiger partial charge in [-0.1, -0.05) is 23.7 Å². The number of carbonyl (C=O) groups is 3. The highest BCUT2D eigenvalue weighted by molar-refractivity contribution is 6.30. The molecule has 0 unspecified atom stereocenters. The molecule has 0 saturated heterocycles. The summed E-state index contributed by atoms with van der Waals surface area (Å²) in [6, 6.07) is 11.3. The lowest BCUT2D eigenvalue weighted by Gasteiger charge is -2.13. The molecule has 0 aliphatic heterocycles. The third-order valence-electron chi connectivity index (χ3n) is 3.83. The Kier molecular flexibility index (Phi) is 8.49. The third-order valence-corrected chi connectivity index (χ3v) is 4.08. The summed E-state index contributed by atoms with van der Waals surface area (Å²) >= 11 is 5.81. The van der Waals surface area contributed by atoms with Gasteiger partial charge in [0.25, 0.3) is 11.8 Å². The minimum absolute atomic E-state index is 0.00368. The van der Waals surface area contributed by atoms with E-state index in [1.165, 1.54) is 25.3 Å². The third kappa shape index (κ3) is 7.29. The molecule has 0 aliphatic carbocycles. The van der Waals surface area contributed by atoms with Gasteiger partial charge in [-0.25, -0.2) is 0 Å². The quantitative estimate of drug-likeness (QED) is 0.554. The van der Waals surface area contributed by atoms with Crippen LogP contribution in [0.25, 0.3) is 0 Å². The summed E-state index contributed by atoms with van der Waals surface area (Å²) in [7, 11) is 1.42. The number of halogens is 1. The van der Waals surface area contributed by atoms with Crippen LogP contribution in [0.4, 0.5) is 0 Å². The highest BCUT2D eigenvalue weighted by atomic mass is 35.5. The van der Waals surface area contributed by atoms with E-state index in [1.54, 1.807) is 24.3 Å². The Morgan fingerprint density at radius 1 is 0.967 bits per heavy atom. The van der Waals surface area contributed by atoms with Crippen molar-refractivity contribution >= 4 is 29.3 Å². The van der Waals surface area contributed by atoms with Gasteiger partial charge in [-0.15, -0.1) is 0 Å². The van der Waals surface area contributed by atoms with Crippen molar-refractivity contribution < 1.29 is 23.9 Å². The monoisotopic (exact) mass is 433 g/mol. The number of hydrogen-bond acceptors (Lipinski definition) is 5. The number of rotatable bonds is 8. The number of carbonyl (C=O) groups excluding carboxylic acids is 3. The maximum absolute atomic E-state index is 12.3. The summed E-state index contributed by atoms with van der Waals surface area (Å²) in [4.78, 5) is 36.0. The van der Waals surface area contributed by atoms with Gasteiger partial charge < -0.3 is 14.8 Å². The molecule has 3 amide bonds. The Morgan fingerprint density at radius 3 is 2.30 bits per heavy atom. The summed E-state index contributed by atoms with van der Waals surface area (Å²) in [5.74, 6) is -0.569. The normalized spacial score (nSPS) is 10.3. The Morgan fingerprint density at radius 2 is 1.67 bits per heavy atom. The Labute approximate surface area is 179 Å². The standard InChI is InChI=1S/C21H24ClN3O5/c1-13(2)23-20(27)12-30-17-9-6-15(11-18(17)29-3)21(28)25-24-19(26)10-14-4-7-16(22)8-5-14/h4-9,11,13H,10,12H2,1-3H3,(H,23,27)(H,24,26)(H,25,28). The first-order chi connectivity index (χ1) is 14.3. The van der Waals surface area contributed by atoms with Crippen molar-refractivity contribution in [2.45, 2.75) is 26.3 Å². The topological polar surface area (TPSA) is 106 Å². The van der Waals surface area contributed by atoms with Crippen LogP contribution in [-0.4, -0.2) is 37.5 Å². The van der Waals surface area contributed by atoms with Gasteiger partial charge in [0.2, 0.25) is 5.91 Å². The van der Waals surface area contributed by atoms with Crippen LogP contribution >= 0.6 is 11.6 Å². The van der Waals surface area contributed by atoms with Crippen LogP contribution in [0.15, 0.2) is 42.5 Å². The molecule has 0 spiro atoms. The van der Waals surface area contributed by atoms with Crippen LogP contribution in [0.2, 0.25) is 5.02 Å². The van der Waals surface area contributed by atoms with E-state index < -0.39 is 5.91 Å². The minimum atomic E-state index is -0.526. The van der Waals surface area contributed by atoms with Crippen molar-refractivity contribution in [2.75, 3.05) is 13.7 Å². The fraction of sp³-hybridized carbons (Fsp3) is 0.286. The molecule has 2 rings (SSSR count). The van der Waals surface area contributed by atoms with E-state index in [9.17, 15) is 14.4 Å². The van der Waals surface area contributed by atoms with Crippen molar-refractivity contribution in [3.05, 3.63) is 58.6 Å². The SMILES string of the molecule is COc1cc(C(=O)NNC(=O)Cc2ccc(Cl)cc2)ccc1OCC(=O)NC(C)C. The summed E-state index contributed by atoms with van der Waals surface area (Å²) in [6.07, 6.45) is 0.0893. The fourth-order valence-corrected chi connectivity index (χ4v) is 2.59. The number of ether oxygens (including phenoxy) is 2. The predicted molar refractivity (Wildman–Crippen MR) is 113 cm³/mol. The highest BCUT2D eigenvalue weighted by Crippen LogP contribution is 2.28. The van der Waals surface area contributed by atoms with E-state index in [1.807, 2.05) is 13.8 Å². The Bertz CT molecular complexity index is 900. The van der Waals surface area contributed by atoms with Crippen LogP contribution in [0.5, 0.6) is 11.5 Å². The first-order valence-electron chi connectivity index (χ1n) is 9.22. The van der Waals surface area contributed by atoms with Gasteiger partial charge in [0.1, 0.15) is 0 Å². The molecule has 2 aromatic rings. The average Bonchev–Trinajstić information content (AvgIpc) is 2.71. The van der Waals surface area contributed by atoms with E-state index in [4.69, 9.17) is 21.1 Å². The highest BCUT2D eigenvalue weighted by Gasteiger charge is 2.14. The molecule has 2 aromatic carbocycles. The van der Waals surface area contributed by atoms with Crippen molar-refractivity contribution in [3.8, 4) is 11.5 Å². The van der Waals surface area contributed by atoms with Gasteiger partial charge in [0.05, 0.1) is 13.5 Å². The van der Waals surface area contributed by atoms with E-state index >= 15 is 0 Å². The van der Waals surface area contributed by atoms with Crippen molar-refractivity contribution in [2.24, 2.45) is 0 Å². The number of nitrogens with one attached hydrogen (secondary N) is 3. The number of methoxy groups -OCH3 is 1. The van der Waals surface area contributed by atoms with Crippen molar-refractivity contribution in [3.63, 3.8) is 0 Å². The molecule has 0 radical (unpaired) electrons. The number of hydrogen-bond donors (Lipinski definition) is 3. The van der Waals surface area contributed by atoms with Crippen molar-refractivity contribution in [1.82, 2.24) is 16.2 Å². The lowest BCUT2D eigenvalue weighted by Crippen LogP contribution is -2.42. The van der Waals surface area contributed by atoms with Crippen LogP contribution < -0.4 is 25.6 Å². The van der Waals surface area contributed by atoms with E-state index in [0.29, 0.717) is 10.8 Å². The van der Waals surface area contributed by atoms with Crippen LogP contribution in [0, 0.1) is 0 Å². The summed E-state index contributed by atoms with van der Waals surface area (Å²) in [5.41, 5.74) is 5.71. The average molecular weight is 434 g/mol. The second kappa shape index (κ2) is 11.1. The molecular weight excluding hydrogens is 410 g/mol. The second-order valence-corrected chi connectivity index (χ2v) is 7.12. The van der Waals surface area contributed by atoms with Gasteiger partial charge in [-0.05, 0) is 49.7 Å². The second-order valence-electron chi connectivity index (χ2n) is 6.68. The maximum atomic E-state index is 12.3. The molecule has 0 aliphatic rings. The lowest BCUT2D eigenvalue weighted by molar-refractivity contribution is -0.123. The molecule has 0 heterocycles. The smallest absolute Gasteiger partial charge is 0.269 e. The van der Waals surface area contributed by atoms with E-state index in [-0.39, 0.29) is 42.2 Å². The molecule has 0 aromatic heterocycles. The number of amides is 3. The number of benzene rings is 2. The molecule has 9 heteroatoms. The zero-order valence-corrected chi connectivity index (χ0v) is 17.7. The van der Waals surface area contributed by atoms with Gasteiger partial charge in [-0.3, -0.25) is 25.2 Å². The fourth-order valence-electron chi connectivity index (χ4n) is 2.47. The zero-order chi connectivity index (χ0) is 22.1. The lowest BCUT2D eigenvalue weighted by atomic mass is 10.1. The van der Waals surface area contributed by atoms with E-state index in [0.717, 1.165) is 5.56 Å². The predicted octanol–water partition coefficient (Wildman–Crippen LogP) is 2.26. The maximum Gasteiger partial charge on any atom is 0.269 e. The minimum Gasteiger partial charge on any atom is -0.493 e. The van der Waals surface area contributed by atoms with Crippen LogP contribution in [-0.2, 0) is 16.0 Å². The van der Waals surface area contributed by atoms with Gasteiger partial charge >= 0.3 is 0 Å². The summed E-state index contributed by atoms with van der Waals surface area (Å²) < 4.78 is 10.7. The molecule has 160 valence electrons. The molecule has 0 bridgehead atoms. The van der Waals surface area contributed by atoms with Crippen molar-refractivity contribution in [1.29, 1.82) is 0 Å². The summed E-state index contributed by atoms with van der Waals surface area (Å²) in [6.45, 7) is 3.51. The summed E-state index contributed by atoms with van der Waals surface area (Å²) in [5, 5.41) is 3.29.